The van der Waals surface area contributed by atoms with E-state index in [4.69, 9.17) is 21.1 Å². The zero-order chi connectivity index (χ0) is 20.9. The van der Waals surface area contributed by atoms with Crippen molar-refractivity contribution in [1.29, 1.82) is 0 Å². The van der Waals surface area contributed by atoms with Crippen molar-refractivity contribution in [1.82, 2.24) is 4.31 Å². The Kier molecular flexibility index (Phi) is 7.25. The van der Waals surface area contributed by atoms with Crippen molar-refractivity contribution in [2.75, 3.05) is 38.2 Å². The van der Waals surface area contributed by atoms with Crippen molar-refractivity contribution in [2.45, 2.75) is 10.6 Å². The summed E-state index contributed by atoms with van der Waals surface area (Å²) in [5.41, 5.74) is 0.495. The molecule has 1 aliphatic rings. The average Bonchev–Trinajstić information content (AvgIpc) is 3.16. The smallest absolute Gasteiger partial charge is 0.311 e. The highest BCUT2D eigenvalue weighted by molar-refractivity contribution is 7.91. The van der Waals surface area contributed by atoms with Crippen LogP contribution in [0, 0.1) is 0 Å². The predicted molar refractivity (Wildman–Crippen MR) is 109 cm³/mol. The molecule has 0 unspecified atom stereocenters. The van der Waals surface area contributed by atoms with Crippen LogP contribution in [0.25, 0.3) is 0 Å². The van der Waals surface area contributed by atoms with Gasteiger partial charge in [-0.15, -0.1) is 11.3 Å². The Morgan fingerprint density at radius 3 is 2.69 bits per heavy atom. The first-order chi connectivity index (χ1) is 13.8. The summed E-state index contributed by atoms with van der Waals surface area (Å²) in [5, 5.41) is 3.04. The molecule has 1 N–H and O–H groups in total. The molecule has 1 aromatic heterocycles. The van der Waals surface area contributed by atoms with E-state index in [2.05, 4.69) is 5.32 Å². The second kappa shape index (κ2) is 9.68. The second-order valence-corrected chi connectivity index (χ2v) is 9.90. The Balaban J connectivity index is 1.50. The molecule has 1 amide bonds. The summed E-state index contributed by atoms with van der Waals surface area (Å²) in [4.78, 5) is 24.4. The predicted octanol–water partition coefficient (Wildman–Crippen LogP) is 2.15. The summed E-state index contributed by atoms with van der Waals surface area (Å²) in [6, 6.07) is 9.64. The molecule has 8 nitrogen and oxygen atoms in total. The summed E-state index contributed by atoms with van der Waals surface area (Å²) in [6.45, 7) is 0.885. The van der Waals surface area contributed by atoms with Gasteiger partial charge in [-0.25, -0.2) is 8.42 Å². The quantitative estimate of drug-likeness (QED) is 0.638. The van der Waals surface area contributed by atoms with Gasteiger partial charge in [-0.3, -0.25) is 9.59 Å². The fraction of sp³-hybridized carbons (Fsp3) is 0.333. The third kappa shape index (κ3) is 6.00. The van der Waals surface area contributed by atoms with Gasteiger partial charge >= 0.3 is 5.97 Å². The van der Waals surface area contributed by atoms with Crippen LogP contribution in [-0.4, -0.2) is 57.5 Å². The fourth-order valence-corrected chi connectivity index (χ4v) is 5.70. The van der Waals surface area contributed by atoms with Crippen molar-refractivity contribution in [3.8, 4) is 0 Å². The molecular weight excluding hydrogens is 440 g/mol. The van der Waals surface area contributed by atoms with Crippen molar-refractivity contribution >= 4 is 50.5 Å². The maximum absolute atomic E-state index is 12.6. The van der Waals surface area contributed by atoms with Gasteiger partial charge < -0.3 is 14.8 Å². The van der Waals surface area contributed by atoms with Crippen LogP contribution in [0.3, 0.4) is 0 Å². The number of rotatable bonds is 7. The maximum Gasteiger partial charge on any atom is 0.311 e. The minimum absolute atomic E-state index is 0.117. The number of sulfonamides is 1. The number of hydrogen-bond donors (Lipinski definition) is 1. The summed E-state index contributed by atoms with van der Waals surface area (Å²) >= 11 is 6.86. The highest BCUT2D eigenvalue weighted by Crippen LogP contribution is 2.26. The van der Waals surface area contributed by atoms with Gasteiger partial charge in [0.2, 0.25) is 0 Å². The lowest BCUT2D eigenvalue weighted by Gasteiger charge is -2.25. The summed E-state index contributed by atoms with van der Waals surface area (Å²) in [5.74, 6) is -1.12. The van der Waals surface area contributed by atoms with E-state index in [0.29, 0.717) is 41.9 Å². The van der Waals surface area contributed by atoms with Gasteiger partial charge in [0, 0.05) is 28.7 Å². The molecule has 29 heavy (non-hydrogen) atoms. The Morgan fingerprint density at radius 2 is 1.97 bits per heavy atom. The molecule has 0 aliphatic carbocycles. The van der Waals surface area contributed by atoms with Gasteiger partial charge in [-0.1, -0.05) is 17.7 Å². The fourth-order valence-electron chi connectivity index (χ4n) is 2.61. The second-order valence-electron chi connectivity index (χ2n) is 6.13. The minimum atomic E-state index is -3.60. The molecule has 1 saturated heterocycles. The van der Waals surface area contributed by atoms with Crippen LogP contribution in [-0.2, 0) is 35.5 Å². The van der Waals surface area contributed by atoms with E-state index in [1.54, 1.807) is 30.3 Å². The molecule has 11 heteroatoms. The lowest BCUT2D eigenvalue weighted by atomic mass is 10.3. The number of carbonyl (C=O) groups excluding carboxylic acids is 2. The van der Waals surface area contributed by atoms with Gasteiger partial charge in [-0.05, 0) is 30.3 Å². The summed E-state index contributed by atoms with van der Waals surface area (Å²) in [7, 11) is -3.60. The molecular formula is C18H19ClN2O6S2. The Labute approximate surface area is 177 Å². The van der Waals surface area contributed by atoms with Crippen molar-refractivity contribution < 1.29 is 27.5 Å². The van der Waals surface area contributed by atoms with Gasteiger partial charge in [0.25, 0.3) is 15.9 Å². The molecule has 3 rings (SSSR count). The van der Waals surface area contributed by atoms with Crippen LogP contribution < -0.4 is 5.32 Å². The number of esters is 1. The number of morpholine rings is 1. The molecule has 0 atom stereocenters. The topological polar surface area (TPSA) is 102 Å². The number of carbonyl (C=O) groups is 2. The lowest BCUT2D eigenvalue weighted by Crippen LogP contribution is -2.40. The number of amides is 1. The van der Waals surface area contributed by atoms with E-state index < -0.39 is 28.5 Å². The normalized spacial score (nSPS) is 15.1. The van der Waals surface area contributed by atoms with Crippen LogP contribution in [0.2, 0.25) is 5.02 Å². The largest absolute Gasteiger partial charge is 0.455 e. The number of hydrogen-bond acceptors (Lipinski definition) is 7. The van der Waals surface area contributed by atoms with E-state index in [1.165, 1.54) is 10.4 Å². The highest BCUT2D eigenvalue weighted by atomic mass is 35.5. The Hall–Kier alpha value is -1.98. The van der Waals surface area contributed by atoms with Crippen LogP contribution >= 0.6 is 22.9 Å². The van der Waals surface area contributed by atoms with E-state index in [1.807, 2.05) is 0 Å². The molecule has 1 fully saturated rings. The number of anilines is 1. The van der Waals surface area contributed by atoms with Crippen LogP contribution in [0.15, 0.2) is 40.6 Å². The molecule has 0 bridgehead atoms. The minimum Gasteiger partial charge on any atom is -0.455 e. The number of nitrogens with zero attached hydrogens (tertiary/aromatic N) is 1. The number of benzene rings is 1. The number of thiophene rings is 1. The van der Waals surface area contributed by atoms with E-state index >= 15 is 0 Å². The number of halogens is 1. The van der Waals surface area contributed by atoms with E-state index in [9.17, 15) is 18.0 Å². The third-order valence-corrected chi connectivity index (χ3v) is 7.68. The van der Waals surface area contributed by atoms with Crippen molar-refractivity contribution in [2.24, 2.45) is 0 Å². The number of nitrogens with one attached hydrogen (secondary N) is 1. The maximum atomic E-state index is 12.6. The SMILES string of the molecule is O=C(COC(=O)Cc1ccc(S(=O)(=O)N2CCOCC2)s1)Nc1cccc(Cl)c1. The lowest BCUT2D eigenvalue weighted by molar-refractivity contribution is -0.146. The highest BCUT2D eigenvalue weighted by Gasteiger charge is 2.28. The molecule has 1 aliphatic heterocycles. The van der Waals surface area contributed by atoms with Crippen molar-refractivity contribution in [3.05, 3.63) is 46.3 Å². The van der Waals surface area contributed by atoms with Gasteiger partial charge in [-0.2, -0.15) is 4.31 Å². The van der Waals surface area contributed by atoms with E-state index in [0.717, 1.165) is 11.3 Å². The Morgan fingerprint density at radius 1 is 1.21 bits per heavy atom. The molecule has 1 aromatic carbocycles. The van der Waals surface area contributed by atoms with Crippen LogP contribution in [0.5, 0.6) is 0 Å². The molecule has 0 saturated carbocycles. The van der Waals surface area contributed by atoms with Gasteiger partial charge in [0.05, 0.1) is 19.6 Å². The zero-order valence-electron chi connectivity index (χ0n) is 15.3. The van der Waals surface area contributed by atoms with Crippen LogP contribution in [0.1, 0.15) is 4.88 Å². The molecule has 0 radical (unpaired) electrons. The molecule has 2 aromatic rings. The van der Waals surface area contributed by atoms with Gasteiger partial charge in [0.15, 0.2) is 6.61 Å². The molecule has 2 heterocycles. The standard InChI is InChI=1S/C18H19ClN2O6S2/c19-13-2-1-3-14(10-13)20-16(22)12-27-17(23)11-15-4-5-18(28-15)29(24,25)21-6-8-26-9-7-21/h1-5,10H,6-9,11-12H2,(H,20,22). The first-order valence-corrected chi connectivity index (χ1v) is 11.4. The zero-order valence-corrected chi connectivity index (χ0v) is 17.7. The Bertz CT molecular complexity index is 986. The van der Waals surface area contributed by atoms with Crippen molar-refractivity contribution in [3.63, 3.8) is 0 Å². The number of ether oxygens (including phenoxy) is 2. The average molecular weight is 459 g/mol. The molecule has 0 spiro atoms. The monoisotopic (exact) mass is 458 g/mol. The van der Waals surface area contributed by atoms with E-state index in [-0.39, 0.29) is 10.6 Å². The van der Waals surface area contributed by atoms with Crippen LogP contribution in [0.4, 0.5) is 5.69 Å². The first kappa shape index (κ1) is 21.7. The first-order valence-electron chi connectivity index (χ1n) is 8.72. The summed E-state index contributed by atoms with van der Waals surface area (Å²) < 4.78 is 36.9. The molecule has 156 valence electrons. The third-order valence-electron chi connectivity index (χ3n) is 3.99. The summed E-state index contributed by atoms with van der Waals surface area (Å²) in [6.07, 6.45) is -0.117. The van der Waals surface area contributed by atoms with Gasteiger partial charge in [0.1, 0.15) is 4.21 Å².